The van der Waals surface area contributed by atoms with Crippen LogP contribution in [0.5, 0.6) is 0 Å². The Morgan fingerprint density at radius 3 is 2.74 bits per heavy atom. The van der Waals surface area contributed by atoms with Crippen molar-refractivity contribution in [2.45, 2.75) is 32.6 Å². The Hall–Kier alpha value is -1.78. The molecule has 1 atom stereocenters. The number of carbonyl (C=O) groups is 2. The predicted octanol–water partition coefficient (Wildman–Crippen LogP) is 1.90. The molecular weight excluding hydrogens is 314 g/mol. The van der Waals surface area contributed by atoms with Gasteiger partial charge in [0.05, 0.1) is 25.1 Å². The molecule has 7 heteroatoms. The van der Waals surface area contributed by atoms with Crippen molar-refractivity contribution in [1.82, 2.24) is 9.88 Å². The fourth-order valence-electron chi connectivity index (χ4n) is 2.67. The minimum Gasteiger partial charge on any atom is -0.466 e. The van der Waals surface area contributed by atoms with Crippen LogP contribution in [-0.4, -0.2) is 47.9 Å². The number of nitrogens with zero attached hydrogens (tertiary/aromatic N) is 3. The van der Waals surface area contributed by atoms with E-state index in [0.717, 1.165) is 5.69 Å². The fourth-order valence-corrected chi connectivity index (χ4v) is 3.53. The number of likely N-dealkylation sites (tertiary alicyclic amines) is 1. The highest BCUT2D eigenvalue weighted by Gasteiger charge is 2.29. The van der Waals surface area contributed by atoms with Crippen molar-refractivity contribution in [1.29, 1.82) is 5.26 Å². The molecule has 0 saturated carbocycles. The SMILES string of the molecule is CCOC(=O)C1CCN(CC(=O)[C@@H](C#N)c2nc(C)cs2)CC1. The summed E-state index contributed by atoms with van der Waals surface area (Å²) in [5, 5.41) is 11.7. The average Bonchev–Trinajstić information content (AvgIpc) is 2.95. The van der Waals surface area contributed by atoms with E-state index in [1.807, 2.05) is 17.2 Å². The van der Waals surface area contributed by atoms with Gasteiger partial charge in [0.2, 0.25) is 0 Å². The Balaban J connectivity index is 1.87. The number of thiazole rings is 1. The normalized spacial score (nSPS) is 17.4. The van der Waals surface area contributed by atoms with E-state index in [-0.39, 0.29) is 24.2 Å². The van der Waals surface area contributed by atoms with Gasteiger partial charge in [-0.05, 0) is 39.8 Å². The zero-order valence-corrected chi connectivity index (χ0v) is 14.3. The van der Waals surface area contributed by atoms with Crippen LogP contribution in [0.2, 0.25) is 0 Å². The molecule has 2 rings (SSSR count). The number of piperidine rings is 1. The van der Waals surface area contributed by atoms with Gasteiger partial charge < -0.3 is 4.74 Å². The van der Waals surface area contributed by atoms with E-state index in [9.17, 15) is 14.9 Å². The first-order chi connectivity index (χ1) is 11.0. The van der Waals surface area contributed by atoms with Crippen LogP contribution in [0.1, 0.15) is 36.4 Å². The molecule has 1 saturated heterocycles. The molecule has 1 aliphatic rings. The largest absolute Gasteiger partial charge is 0.466 e. The maximum absolute atomic E-state index is 12.4. The first-order valence-corrected chi connectivity index (χ1v) is 8.66. The smallest absolute Gasteiger partial charge is 0.309 e. The van der Waals surface area contributed by atoms with Gasteiger partial charge in [-0.15, -0.1) is 11.3 Å². The topological polar surface area (TPSA) is 83.3 Å². The standard InChI is InChI=1S/C16H21N3O3S/c1-3-22-16(21)12-4-6-19(7-5-12)9-14(20)13(8-17)15-18-11(2)10-23-15/h10,12-13H,3-7,9H2,1-2H3/t13-/m1/s1. The number of nitriles is 1. The number of ketones is 1. The van der Waals surface area contributed by atoms with Gasteiger partial charge in [0.25, 0.3) is 0 Å². The number of Topliss-reactive ketones (excluding diaryl/α,β-unsaturated/α-hetero) is 1. The second-order valence-corrected chi connectivity index (χ2v) is 6.55. The van der Waals surface area contributed by atoms with Crippen molar-refractivity contribution in [3.05, 3.63) is 16.1 Å². The molecule has 0 aromatic carbocycles. The van der Waals surface area contributed by atoms with Crippen molar-refractivity contribution in [2.75, 3.05) is 26.2 Å². The van der Waals surface area contributed by atoms with Crippen LogP contribution in [0.4, 0.5) is 0 Å². The summed E-state index contributed by atoms with van der Waals surface area (Å²) >= 11 is 1.35. The highest BCUT2D eigenvalue weighted by molar-refractivity contribution is 7.09. The van der Waals surface area contributed by atoms with E-state index in [1.54, 1.807) is 6.92 Å². The number of aromatic nitrogens is 1. The maximum Gasteiger partial charge on any atom is 0.309 e. The number of hydrogen-bond donors (Lipinski definition) is 0. The molecule has 0 radical (unpaired) electrons. The predicted molar refractivity (Wildman–Crippen MR) is 86.0 cm³/mol. The third-order valence-corrected chi connectivity index (χ3v) is 4.95. The van der Waals surface area contributed by atoms with Crippen LogP contribution in [0.3, 0.4) is 0 Å². The molecule has 6 nitrogen and oxygen atoms in total. The molecule has 23 heavy (non-hydrogen) atoms. The molecule has 0 aliphatic carbocycles. The Labute approximate surface area is 140 Å². The first kappa shape index (κ1) is 17.6. The van der Waals surface area contributed by atoms with Crippen LogP contribution >= 0.6 is 11.3 Å². The molecule has 1 fully saturated rings. The van der Waals surface area contributed by atoms with Crippen LogP contribution in [0.25, 0.3) is 0 Å². The van der Waals surface area contributed by atoms with Gasteiger partial charge in [-0.25, -0.2) is 4.98 Å². The summed E-state index contributed by atoms with van der Waals surface area (Å²) in [5.41, 5.74) is 0.827. The molecule has 124 valence electrons. The van der Waals surface area contributed by atoms with E-state index < -0.39 is 5.92 Å². The molecule has 0 amide bonds. The molecule has 0 N–H and O–H groups in total. The van der Waals surface area contributed by atoms with Crippen LogP contribution in [0, 0.1) is 24.2 Å². The van der Waals surface area contributed by atoms with Crippen molar-refractivity contribution in [3.8, 4) is 6.07 Å². The van der Waals surface area contributed by atoms with Gasteiger partial charge in [-0.2, -0.15) is 5.26 Å². The number of aryl methyl sites for hydroxylation is 1. The third-order valence-electron chi connectivity index (χ3n) is 3.92. The van der Waals surface area contributed by atoms with Crippen LogP contribution in [-0.2, 0) is 14.3 Å². The zero-order chi connectivity index (χ0) is 16.8. The lowest BCUT2D eigenvalue weighted by molar-refractivity contribution is -0.149. The average molecular weight is 335 g/mol. The fraction of sp³-hybridized carbons (Fsp3) is 0.625. The van der Waals surface area contributed by atoms with E-state index in [0.29, 0.717) is 37.5 Å². The van der Waals surface area contributed by atoms with Crippen LogP contribution in [0.15, 0.2) is 5.38 Å². The summed E-state index contributed by atoms with van der Waals surface area (Å²) in [7, 11) is 0. The number of carbonyl (C=O) groups excluding carboxylic acids is 2. The number of ether oxygens (including phenoxy) is 1. The second-order valence-electron chi connectivity index (χ2n) is 5.66. The van der Waals surface area contributed by atoms with Gasteiger partial charge in [0, 0.05) is 11.1 Å². The maximum atomic E-state index is 12.4. The quantitative estimate of drug-likeness (QED) is 0.738. The minimum absolute atomic E-state index is 0.0744. The van der Waals surface area contributed by atoms with Gasteiger partial charge >= 0.3 is 5.97 Å². The summed E-state index contributed by atoms with van der Waals surface area (Å²) < 4.78 is 5.04. The molecule has 1 aromatic rings. The molecule has 2 heterocycles. The summed E-state index contributed by atoms with van der Waals surface area (Å²) in [6.45, 7) is 5.61. The number of hydrogen-bond acceptors (Lipinski definition) is 7. The van der Waals surface area contributed by atoms with Crippen molar-refractivity contribution >= 4 is 23.1 Å². The molecule has 0 bridgehead atoms. The zero-order valence-electron chi connectivity index (χ0n) is 13.4. The number of rotatable bonds is 6. The number of esters is 1. The van der Waals surface area contributed by atoms with Gasteiger partial charge in [0.15, 0.2) is 11.7 Å². The van der Waals surface area contributed by atoms with Crippen molar-refractivity contribution < 1.29 is 14.3 Å². The van der Waals surface area contributed by atoms with Gasteiger partial charge in [-0.1, -0.05) is 0 Å². The molecule has 1 aromatic heterocycles. The minimum atomic E-state index is -0.795. The Morgan fingerprint density at radius 2 is 2.22 bits per heavy atom. The lowest BCUT2D eigenvalue weighted by atomic mass is 9.96. The third kappa shape index (κ3) is 4.60. The highest BCUT2D eigenvalue weighted by atomic mass is 32.1. The Bertz CT molecular complexity index is 600. The molecule has 0 spiro atoms. The van der Waals surface area contributed by atoms with Crippen molar-refractivity contribution in [3.63, 3.8) is 0 Å². The summed E-state index contributed by atoms with van der Waals surface area (Å²) in [4.78, 5) is 30.3. The van der Waals surface area contributed by atoms with Crippen molar-refractivity contribution in [2.24, 2.45) is 5.92 Å². The summed E-state index contributed by atoms with van der Waals surface area (Å²) in [6, 6.07) is 2.06. The lowest BCUT2D eigenvalue weighted by Crippen LogP contribution is -2.40. The van der Waals surface area contributed by atoms with E-state index in [4.69, 9.17) is 4.74 Å². The first-order valence-electron chi connectivity index (χ1n) is 7.78. The molecule has 0 unspecified atom stereocenters. The summed E-state index contributed by atoms with van der Waals surface area (Å²) in [5.74, 6) is -1.14. The Morgan fingerprint density at radius 1 is 1.52 bits per heavy atom. The van der Waals surface area contributed by atoms with Crippen LogP contribution < -0.4 is 0 Å². The van der Waals surface area contributed by atoms with Gasteiger partial charge in [-0.3, -0.25) is 14.5 Å². The van der Waals surface area contributed by atoms with Gasteiger partial charge in [0.1, 0.15) is 5.01 Å². The highest BCUT2D eigenvalue weighted by Crippen LogP contribution is 2.23. The van der Waals surface area contributed by atoms with E-state index in [2.05, 4.69) is 11.1 Å². The summed E-state index contributed by atoms with van der Waals surface area (Å²) in [6.07, 6.45) is 1.39. The Kier molecular flexibility index (Phi) is 6.25. The second kappa shape index (κ2) is 8.18. The van der Waals surface area contributed by atoms with E-state index in [1.165, 1.54) is 11.3 Å². The molecular formula is C16H21N3O3S. The lowest BCUT2D eigenvalue weighted by Gasteiger charge is -2.30. The monoisotopic (exact) mass is 335 g/mol. The van der Waals surface area contributed by atoms with E-state index >= 15 is 0 Å². The molecule has 1 aliphatic heterocycles.